The first-order valence-corrected chi connectivity index (χ1v) is 11.0. The molecule has 3 aromatic heterocycles. The van der Waals surface area contributed by atoms with E-state index in [1.165, 1.54) is 21.1 Å². The number of rotatable bonds is 7. The van der Waals surface area contributed by atoms with Crippen molar-refractivity contribution in [2.45, 2.75) is 13.1 Å². The van der Waals surface area contributed by atoms with Crippen molar-refractivity contribution < 1.29 is 4.92 Å². The van der Waals surface area contributed by atoms with Crippen LogP contribution in [0.1, 0.15) is 0 Å². The van der Waals surface area contributed by atoms with Crippen molar-refractivity contribution in [3.8, 4) is 0 Å². The number of fused-ring (bicyclic) bond motifs is 3. The third kappa shape index (κ3) is 3.24. The molecule has 5 aromatic rings. The first-order chi connectivity index (χ1) is 16.2. The summed E-state index contributed by atoms with van der Waals surface area (Å²) in [5, 5.41) is 18.1. The van der Waals surface area contributed by atoms with E-state index >= 15 is 0 Å². The quantitative estimate of drug-likeness (QED) is 0.156. The molecule has 0 aliphatic rings. The zero-order chi connectivity index (χ0) is 24.3. The van der Waals surface area contributed by atoms with Gasteiger partial charge in [0.25, 0.3) is 11.2 Å². The molecular weight excluding hydrogens is 438 g/mol. The molecule has 0 fully saturated rings. The van der Waals surface area contributed by atoms with Crippen molar-refractivity contribution in [1.82, 2.24) is 28.5 Å². The Hall–Kier alpha value is -3.83. The second kappa shape index (κ2) is 7.89. The molecule has 0 unspecified atom stereocenters. The molecule has 3 heterocycles. The number of pyridine rings is 1. The molecule has 0 amide bonds. The molecular formula is C23H25N7O4. The highest BCUT2D eigenvalue weighted by molar-refractivity contribution is 6.21. The minimum absolute atomic E-state index is 0.132. The Morgan fingerprint density at radius 3 is 2.29 bits per heavy atom. The van der Waals surface area contributed by atoms with Crippen LogP contribution in [-0.2, 0) is 13.1 Å². The van der Waals surface area contributed by atoms with E-state index in [9.17, 15) is 19.7 Å². The van der Waals surface area contributed by atoms with Crippen molar-refractivity contribution in [2.24, 2.45) is 0 Å². The van der Waals surface area contributed by atoms with Gasteiger partial charge in [-0.25, -0.2) is 4.79 Å². The zero-order valence-corrected chi connectivity index (χ0v) is 19.5. The fourth-order valence-electron chi connectivity index (χ4n) is 4.50. The number of hydrogen-bond donors (Lipinski definition) is 0. The number of nitro groups is 1. The van der Waals surface area contributed by atoms with Crippen LogP contribution >= 0.6 is 0 Å². The highest BCUT2D eigenvalue weighted by Gasteiger charge is 2.24. The van der Waals surface area contributed by atoms with Gasteiger partial charge in [-0.3, -0.25) is 28.6 Å². The number of nitrogens with zero attached hydrogens (tertiary/aromatic N) is 7. The highest BCUT2D eigenvalue weighted by Crippen LogP contribution is 2.35. The lowest BCUT2D eigenvalue weighted by Gasteiger charge is -2.15. The predicted octanol–water partition coefficient (Wildman–Crippen LogP) is 1.59. The van der Waals surface area contributed by atoms with E-state index in [1.807, 2.05) is 48.7 Å². The first-order valence-electron chi connectivity index (χ1n) is 11.0. The average Bonchev–Trinajstić information content (AvgIpc) is 3.16. The van der Waals surface area contributed by atoms with Gasteiger partial charge in [-0.1, -0.05) is 0 Å². The average molecular weight is 463 g/mol. The van der Waals surface area contributed by atoms with Gasteiger partial charge < -0.3 is 9.80 Å². The van der Waals surface area contributed by atoms with E-state index in [1.54, 1.807) is 12.1 Å². The van der Waals surface area contributed by atoms with Crippen LogP contribution in [0.2, 0.25) is 0 Å². The van der Waals surface area contributed by atoms with Crippen molar-refractivity contribution >= 4 is 43.9 Å². The van der Waals surface area contributed by atoms with E-state index in [0.29, 0.717) is 45.8 Å². The predicted molar refractivity (Wildman–Crippen MR) is 131 cm³/mol. The summed E-state index contributed by atoms with van der Waals surface area (Å²) in [7, 11) is 7.68. The third-order valence-electron chi connectivity index (χ3n) is 6.23. The lowest BCUT2D eigenvalue weighted by molar-refractivity contribution is -0.384. The maximum Gasteiger partial charge on any atom is 0.336 e. The Balaban J connectivity index is 1.98. The van der Waals surface area contributed by atoms with Gasteiger partial charge in [0.1, 0.15) is 5.52 Å². The lowest BCUT2D eigenvalue weighted by Crippen LogP contribution is -2.40. The number of hydrogen-bond acceptors (Lipinski definition) is 7. The van der Waals surface area contributed by atoms with E-state index in [-0.39, 0.29) is 17.8 Å². The van der Waals surface area contributed by atoms with Gasteiger partial charge in [-0.05, 0) is 46.4 Å². The summed E-state index contributed by atoms with van der Waals surface area (Å²) in [5.41, 5.74) is 1.23. The van der Waals surface area contributed by atoms with Gasteiger partial charge in [-0.15, -0.1) is 0 Å². The number of aromatic nitrogens is 4. The molecule has 11 heteroatoms. The summed E-state index contributed by atoms with van der Waals surface area (Å²) in [6, 6.07) is 8.03. The molecule has 0 bridgehead atoms. The van der Waals surface area contributed by atoms with E-state index in [0.717, 1.165) is 12.1 Å². The third-order valence-corrected chi connectivity index (χ3v) is 6.23. The van der Waals surface area contributed by atoms with Gasteiger partial charge in [0.2, 0.25) is 0 Å². The largest absolute Gasteiger partial charge is 0.336 e. The molecule has 0 saturated heterocycles. The van der Waals surface area contributed by atoms with E-state index in [2.05, 4.69) is 0 Å². The van der Waals surface area contributed by atoms with Crippen molar-refractivity contribution in [2.75, 3.05) is 41.3 Å². The molecule has 0 radical (unpaired) electrons. The maximum absolute atomic E-state index is 13.7. The Kier molecular flexibility index (Phi) is 5.10. The van der Waals surface area contributed by atoms with Crippen LogP contribution in [-0.4, -0.2) is 74.8 Å². The molecule has 0 atom stereocenters. The highest BCUT2D eigenvalue weighted by atomic mass is 16.6. The van der Waals surface area contributed by atoms with Crippen LogP contribution < -0.4 is 11.2 Å². The van der Waals surface area contributed by atoms with Crippen LogP contribution in [0.25, 0.3) is 38.2 Å². The van der Waals surface area contributed by atoms with Crippen LogP contribution in [0, 0.1) is 10.1 Å². The summed E-state index contributed by atoms with van der Waals surface area (Å²) in [4.78, 5) is 42.1. The first kappa shape index (κ1) is 22.0. The zero-order valence-electron chi connectivity index (χ0n) is 19.5. The smallest absolute Gasteiger partial charge is 0.308 e. The molecule has 0 aliphatic heterocycles. The summed E-state index contributed by atoms with van der Waals surface area (Å²) < 4.78 is 4.52. The van der Waals surface area contributed by atoms with Gasteiger partial charge in [0.05, 0.1) is 38.8 Å². The molecule has 0 N–H and O–H groups in total. The standard InChI is InChI=1S/C23H25N7O4/c1-25(2)9-11-27-22(31)16-7-8-17-19-20(24-28(17)12-10-26(3)4)15-6-5-14(30(33)34)13-18(15)29(21(16)19)23(27)32/h5-8,13H,9-12H2,1-4H3. The Morgan fingerprint density at radius 2 is 1.62 bits per heavy atom. The molecule has 2 aromatic carbocycles. The molecule has 5 rings (SSSR count). The normalized spacial score (nSPS) is 12.4. The van der Waals surface area contributed by atoms with Crippen LogP contribution in [0.5, 0.6) is 0 Å². The monoisotopic (exact) mass is 463 g/mol. The summed E-state index contributed by atoms with van der Waals surface area (Å²) in [5.74, 6) is 0. The van der Waals surface area contributed by atoms with Gasteiger partial charge >= 0.3 is 5.69 Å². The topological polar surface area (TPSA) is 111 Å². The van der Waals surface area contributed by atoms with E-state index in [4.69, 9.17) is 5.10 Å². The number of likely N-dealkylation sites (N-methyl/N-ethyl adjacent to an activating group) is 2. The molecule has 0 spiro atoms. The molecule has 11 nitrogen and oxygen atoms in total. The second-order valence-electron chi connectivity index (χ2n) is 9.07. The summed E-state index contributed by atoms with van der Waals surface area (Å²) in [6.07, 6.45) is 0. The molecule has 0 aliphatic carbocycles. The van der Waals surface area contributed by atoms with Crippen LogP contribution in [0.15, 0.2) is 39.9 Å². The van der Waals surface area contributed by atoms with Crippen molar-refractivity contribution in [3.63, 3.8) is 0 Å². The number of benzene rings is 2. The van der Waals surface area contributed by atoms with Gasteiger partial charge in [-0.2, -0.15) is 5.10 Å². The minimum Gasteiger partial charge on any atom is -0.308 e. The Bertz CT molecular complexity index is 1690. The Morgan fingerprint density at radius 1 is 0.941 bits per heavy atom. The fraction of sp³-hybridized carbons (Fsp3) is 0.348. The summed E-state index contributed by atoms with van der Waals surface area (Å²) in [6.45, 7) is 2.07. The van der Waals surface area contributed by atoms with E-state index < -0.39 is 10.6 Å². The molecule has 34 heavy (non-hydrogen) atoms. The number of non-ortho nitro benzene ring substituents is 1. The van der Waals surface area contributed by atoms with Gasteiger partial charge in [0.15, 0.2) is 0 Å². The molecule has 0 saturated carbocycles. The fourth-order valence-corrected chi connectivity index (χ4v) is 4.50. The minimum atomic E-state index is -0.514. The lowest BCUT2D eigenvalue weighted by atomic mass is 10.1. The van der Waals surface area contributed by atoms with Crippen LogP contribution in [0.4, 0.5) is 5.69 Å². The van der Waals surface area contributed by atoms with Crippen LogP contribution in [0.3, 0.4) is 0 Å². The molecule has 176 valence electrons. The van der Waals surface area contributed by atoms with Gasteiger partial charge in [0, 0.05) is 37.2 Å². The number of nitro benzene ring substituents is 1. The Labute approximate surface area is 193 Å². The maximum atomic E-state index is 13.7. The van der Waals surface area contributed by atoms with Crippen molar-refractivity contribution in [3.05, 3.63) is 61.3 Å². The second-order valence-corrected chi connectivity index (χ2v) is 9.07. The SMILES string of the molecule is CN(C)CCn1c(=O)c2ccc3c4c(nn3CCN(C)C)c3ccc([N+](=O)[O-])cc3n(c1=O)c24. The summed E-state index contributed by atoms with van der Waals surface area (Å²) >= 11 is 0. The van der Waals surface area contributed by atoms with Crippen molar-refractivity contribution in [1.29, 1.82) is 0 Å².